The number of nitrogens with zero attached hydrogens (tertiary/aromatic N) is 5. The molecule has 2 N–H and O–H groups in total. The fourth-order valence-electron chi connectivity index (χ4n) is 3.22. The first-order chi connectivity index (χ1) is 12.2. The number of nitrogens with one attached hydrogen (secondary N) is 2. The number of piperidine rings is 1. The number of amides is 1. The predicted molar refractivity (Wildman–Crippen MR) is 94.2 cm³/mol. The number of anilines is 2. The van der Waals surface area contributed by atoms with Crippen molar-refractivity contribution in [2.75, 3.05) is 23.3 Å². The summed E-state index contributed by atoms with van der Waals surface area (Å²) in [7, 11) is 0. The summed E-state index contributed by atoms with van der Waals surface area (Å²) in [6.45, 7) is 3.42. The van der Waals surface area contributed by atoms with E-state index < -0.39 is 0 Å². The lowest BCUT2D eigenvalue weighted by Gasteiger charge is -2.33. The van der Waals surface area contributed by atoms with E-state index in [2.05, 4.69) is 35.4 Å². The number of carbonyl (C=O) groups is 1. The fraction of sp³-hybridized carbons (Fsp3) is 0.353. The van der Waals surface area contributed by atoms with Crippen LogP contribution in [0.2, 0.25) is 0 Å². The molecule has 0 spiro atoms. The van der Waals surface area contributed by atoms with E-state index in [1.807, 2.05) is 19.1 Å². The van der Waals surface area contributed by atoms with Crippen molar-refractivity contribution >= 4 is 28.6 Å². The second-order valence-electron chi connectivity index (χ2n) is 6.27. The SMILES string of the molecule is Cc1cccnc1NC(=O)[C@@H]1CCCN(c2ncnc3[nH]ncc23)C1. The Morgan fingerprint density at radius 3 is 3.16 bits per heavy atom. The summed E-state index contributed by atoms with van der Waals surface area (Å²) in [5, 5.41) is 10.7. The molecule has 8 heteroatoms. The zero-order chi connectivity index (χ0) is 17.2. The Kier molecular flexibility index (Phi) is 4.01. The normalized spacial score (nSPS) is 17.6. The molecule has 0 aliphatic carbocycles. The topological polar surface area (TPSA) is 99.7 Å². The fourth-order valence-corrected chi connectivity index (χ4v) is 3.22. The van der Waals surface area contributed by atoms with Crippen molar-refractivity contribution in [1.82, 2.24) is 25.1 Å². The minimum absolute atomic E-state index is 0.00370. The summed E-state index contributed by atoms with van der Waals surface area (Å²) >= 11 is 0. The van der Waals surface area contributed by atoms with Gasteiger partial charge in [0.15, 0.2) is 5.65 Å². The Morgan fingerprint density at radius 2 is 2.28 bits per heavy atom. The van der Waals surface area contributed by atoms with E-state index in [9.17, 15) is 4.79 Å². The maximum absolute atomic E-state index is 12.7. The molecule has 0 unspecified atom stereocenters. The average molecular weight is 337 g/mol. The first-order valence-corrected chi connectivity index (χ1v) is 8.34. The Balaban J connectivity index is 1.52. The first kappa shape index (κ1) is 15.5. The molecular formula is C17H19N7O. The number of pyridine rings is 1. The molecule has 4 heterocycles. The van der Waals surface area contributed by atoms with Gasteiger partial charge in [0, 0.05) is 19.3 Å². The van der Waals surface area contributed by atoms with Gasteiger partial charge < -0.3 is 10.2 Å². The molecule has 0 aromatic carbocycles. The summed E-state index contributed by atoms with van der Waals surface area (Å²) in [6, 6.07) is 3.80. The van der Waals surface area contributed by atoms with Gasteiger partial charge in [0.05, 0.1) is 17.5 Å². The Hall–Kier alpha value is -3.03. The van der Waals surface area contributed by atoms with Gasteiger partial charge in [0.2, 0.25) is 5.91 Å². The minimum atomic E-state index is -0.105. The van der Waals surface area contributed by atoms with Gasteiger partial charge in [0.1, 0.15) is 18.0 Å². The molecule has 0 radical (unpaired) electrons. The van der Waals surface area contributed by atoms with E-state index in [0.29, 0.717) is 18.0 Å². The molecule has 0 bridgehead atoms. The van der Waals surface area contributed by atoms with Gasteiger partial charge in [-0.2, -0.15) is 5.10 Å². The first-order valence-electron chi connectivity index (χ1n) is 8.34. The van der Waals surface area contributed by atoms with Crippen molar-refractivity contribution in [3.8, 4) is 0 Å². The van der Waals surface area contributed by atoms with Gasteiger partial charge in [0.25, 0.3) is 0 Å². The van der Waals surface area contributed by atoms with E-state index in [-0.39, 0.29) is 11.8 Å². The highest BCUT2D eigenvalue weighted by atomic mass is 16.2. The van der Waals surface area contributed by atoms with Crippen LogP contribution in [0.15, 0.2) is 30.9 Å². The number of rotatable bonds is 3. The van der Waals surface area contributed by atoms with Crippen LogP contribution in [-0.4, -0.2) is 44.1 Å². The summed E-state index contributed by atoms with van der Waals surface area (Å²) in [4.78, 5) is 27.6. The largest absolute Gasteiger partial charge is 0.355 e. The molecule has 1 fully saturated rings. The summed E-state index contributed by atoms with van der Waals surface area (Å²) in [5.41, 5.74) is 1.67. The molecule has 0 saturated carbocycles. The Bertz CT molecular complexity index is 907. The minimum Gasteiger partial charge on any atom is -0.355 e. The van der Waals surface area contributed by atoms with Crippen LogP contribution in [0.4, 0.5) is 11.6 Å². The van der Waals surface area contributed by atoms with Crippen LogP contribution in [0, 0.1) is 12.8 Å². The van der Waals surface area contributed by atoms with Crippen LogP contribution >= 0.6 is 0 Å². The van der Waals surface area contributed by atoms with Crippen LogP contribution in [0.1, 0.15) is 18.4 Å². The standard InChI is InChI=1S/C17H19N7O/c1-11-4-2-6-18-14(11)22-17(25)12-5-3-7-24(9-12)16-13-8-21-23-15(13)19-10-20-16/h2,4,6,8,10,12H,3,5,7,9H2,1H3,(H,18,22,25)(H,19,20,21,23)/t12-/m1/s1. The number of hydrogen-bond acceptors (Lipinski definition) is 6. The number of aromatic nitrogens is 5. The van der Waals surface area contributed by atoms with Crippen LogP contribution < -0.4 is 10.2 Å². The molecule has 8 nitrogen and oxygen atoms in total. The summed E-state index contributed by atoms with van der Waals surface area (Å²) in [5.74, 6) is 1.35. The number of aromatic amines is 1. The van der Waals surface area contributed by atoms with Gasteiger partial charge >= 0.3 is 0 Å². The highest BCUT2D eigenvalue weighted by molar-refractivity contribution is 5.93. The smallest absolute Gasteiger partial charge is 0.230 e. The van der Waals surface area contributed by atoms with E-state index >= 15 is 0 Å². The van der Waals surface area contributed by atoms with Gasteiger partial charge in [-0.25, -0.2) is 15.0 Å². The van der Waals surface area contributed by atoms with Crippen molar-refractivity contribution in [3.05, 3.63) is 36.4 Å². The van der Waals surface area contributed by atoms with Gasteiger partial charge in [-0.1, -0.05) is 6.07 Å². The molecule has 3 aromatic rings. The molecule has 1 aliphatic rings. The van der Waals surface area contributed by atoms with Crippen LogP contribution in [0.25, 0.3) is 11.0 Å². The Morgan fingerprint density at radius 1 is 1.36 bits per heavy atom. The lowest BCUT2D eigenvalue weighted by Crippen LogP contribution is -2.41. The summed E-state index contributed by atoms with van der Waals surface area (Å²) in [6.07, 6.45) is 6.73. The molecule has 1 amide bonds. The van der Waals surface area contributed by atoms with Crippen LogP contribution in [0.5, 0.6) is 0 Å². The third kappa shape index (κ3) is 3.02. The van der Waals surface area contributed by atoms with E-state index in [1.54, 1.807) is 12.4 Å². The second kappa shape index (κ2) is 6.46. The number of aryl methyl sites for hydroxylation is 1. The van der Waals surface area contributed by atoms with E-state index in [1.165, 1.54) is 6.33 Å². The van der Waals surface area contributed by atoms with Crippen molar-refractivity contribution in [3.63, 3.8) is 0 Å². The van der Waals surface area contributed by atoms with Crippen molar-refractivity contribution in [2.24, 2.45) is 5.92 Å². The van der Waals surface area contributed by atoms with E-state index in [4.69, 9.17) is 0 Å². The van der Waals surface area contributed by atoms with Gasteiger partial charge in [-0.05, 0) is 31.4 Å². The molecule has 1 atom stereocenters. The van der Waals surface area contributed by atoms with E-state index in [0.717, 1.165) is 36.2 Å². The molecule has 1 saturated heterocycles. The predicted octanol–water partition coefficient (Wildman–Crippen LogP) is 1.91. The van der Waals surface area contributed by atoms with Crippen LogP contribution in [0.3, 0.4) is 0 Å². The second-order valence-corrected chi connectivity index (χ2v) is 6.27. The van der Waals surface area contributed by atoms with Crippen LogP contribution in [-0.2, 0) is 4.79 Å². The third-order valence-electron chi connectivity index (χ3n) is 4.57. The highest BCUT2D eigenvalue weighted by Gasteiger charge is 2.28. The molecule has 4 rings (SSSR count). The zero-order valence-electron chi connectivity index (χ0n) is 13.9. The van der Waals surface area contributed by atoms with Crippen molar-refractivity contribution in [2.45, 2.75) is 19.8 Å². The monoisotopic (exact) mass is 337 g/mol. The van der Waals surface area contributed by atoms with Crippen molar-refractivity contribution < 1.29 is 4.79 Å². The summed E-state index contributed by atoms with van der Waals surface area (Å²) < 4.78 is 0. The zero-order valence-corrected chi connectivity index (χ0v) is 13.9. The maximum Gasteiger partial charge on any atom is 0.230 e. The lowest BCUT2D eigenvalue weighted by molar-refractivity contribution is -0.120. The molecule has 1 aliphatic heterocycles. The quantitative estimate of drug-likeness (QED) is 0.757. The number of hydrogen-bond donors (Lipinski definition) is 2. The lowest BCUT2D eigenvalue weighted by atomic mass is 9.97. The molecule has 25 heavy (non-hydrogen) atoms. The molecule has 3 aromatic heterocycles. The van der Waals surface area contributed by atoms with Crippen molar-refractivity contribution in [1.29, 1.82) is 0 Å². The molecule has 128 valence electrons. The van der Waals surface area contributed by atoms with Gasteiger partial charge in [-0.3, -0.25) is 9.89 Å². The number of H-pyrrole nitrogens is 1. The maximum atomic E-state index is 12.7. The Labute approximate surface area is 144 Å². The third-order valence-corrected chi connectivity index (χ3v) is 4.57. The number of fused-ring (bicyclic) bond motifs is 1. The van der Waals surface area contributed by atoms with Gasteiger partial charge in [-0.15, -0.1) is 0 Å². The number of carbonyl (C=O) groups excluding carboxylic acids is 1. The molecular weight excluding hydrogens is 318 g/mol. The average Bonchev–Trinajstić information content (AvgIpc) is 3.12. The highest BCUT2D eigenvalue weighted by Crippen LogP contribution is 2.27.